The smallest absolute Gasteiger partial charge is 0.139 e. The number of rotatable bonds is 4. The van der Waals surface area contributed by atoms with Crippen LogP contribution in [0, 0.1) is 11.3 Å². The van der Waals surface area contributed by atoms with Gasteiger partial charge in [-0.15, -0.1) is 0 Å². The Morgan fingerprint density at radius 1 is 1.60 bits per heavy atom. The minimum Gasteiger partial charge on any atom is -0.409 e. The molecule has 1 atom stereocenters. The van der Waals surface area contributed by atoms with E-state index in [9.17, 15) is 0 Å². The number of nitrogens with zero attached hydrogens (tertiary/aromatic N) is 2. The van der Waals surface area contributed by atoms with Crippen molar-refractivity contribution in [2.75, 3.05) is 19.6 Å². The molecule has 2 rings (SSSR count). The molecule has 4 nitrogen and oxygen atoms in total. The van der Waals surface area contributed by atoms with E-state index in [0.29, 0.717) is 11.3 Å². The van der Waals surface area contributed by atoms with Gasteiger partial charge in [-0.25, -0.2) is 0 Å². The standard InChI is InChI=1S/C11H21N3O/c1-9-2-5-14(7-9)8-11(3-4-11)6-10(12)13-15/h9,15H,2-8H2,1H3,(H2,12,13). The molecule has 15 heavy (non-hydrogen) atoms. The van der Waals surface area contributed by atoms with E-state index in [-0.39, 0.29) is 0 Å². The topological polar surface area (TPSA) is 61.8 Å². The van der Waals surface area contributed by atoms with Crippen LogP contribution in [0.5, 0.6) is 0 Å². The number of likely N-dealkylation sites (tertiary alicyclic amines) is 1. The lowest BCUT2D eigenvalue weighted by Gasteiger charge is -2.22. The highest BCUT2D eigenvalue weighted by Crippen LogP contribution is 2.49. The summed E-state index contributed by atoms with van der Waals surface area (Å²) in [6.07, 6.45) is 4.54. The molecule has 0 aromatic heterocycles. The minimum atomic E-state index is 0.334. The summed E-state index contributed by atoms with van der Waals surface area (Å²) < 4.78 is 0. The molecule has 4 heteroatoms. The molecule has 0 radical (unpaired) electrons. The second-order valence-electron chi connectivity index (χ2n) is 5.40. The van der Waals surface area contributed by atoms with Gasteiger partial charge in [0.2, 0.25) is 0 Å². The summed E-state index contributed by atoms with van der Waals surface area (Å²) in [6.45, 7) is 5.88. The van der Waals surface area contributed by atoms with Crippen molar-refractivity contribution in [1.82, 2.24) is 4.90 Å². The van der Waals surface area contributed by atoms with Crippen molar-refractivity contribution < 1.29 is 5.21 Å². The van der Waals surface area contributed by atoms with Crippen LogP contribution in [0.4, 0.5) is 0 Å². The average Bonchev–Trinajstić information content (AvgIpc) is 2.82. The Morgan fingerprint density at radius 3 is 2.80 bits per heavy atom. The van der Waals surface area contributed by atoms with Gasteiger partial charge in [-0.1, -0.05) is 12.1 Å². The monoisotopic (exact) mass is 211 g/mol. The molecule has 0 aromatic rings. The molecule has 2 fully saturated rings. The number of hydrogen-bond acceptors (Lipinski definition) is 3. The van der Waals surface area contributed by atoms with Crippen LogP contribution in [0.1, 0.15) is 32.6 Å². The molecule has 1 unspecified atom stereocenters. The molecule has 1 aliphatic heterocycles. The van der Waals surface area contributed by atoms with Gasteiger partial charge < -0.3 is 15.8 Å². The maximum atomic E-state index is 8.58. The fourth-order valence-electron chi connectivity index (χ4n) is 2.63. The third-order valence-electron chi connectivity index (χ3n) is 3.71. The first-order valence-electron chi connectivity index (χ1n) is 5.82. The van der Waals surface area contributed by atoms with Crippen molar-refractivity contribution in [3.63, 3.8) is 0 Å². The van der Waals surface area contributed by atoms with Crippen LogP contribution < -0.4 is 5.73 Å². The Labute approximate surface area is 91.1 Å². The van der Waals surface area contributed by atoms with Crippen LogP contribution in [-0.2, 0) is 0 Å². The van der Waals surface area contributed by atoms with Gasteiger partial charge in [0, 0.05) is 19.5 Å². The summed E-state index contributed by atoms with van der Waals surface area (Å²) in [7, 11) is 0. The Morgan fingerprint density at radius 2 is 2.33 bits per heavy atom. The van der Waals surface area contributed by atoms with Gasteiger partial charge in [0.1, 0.15) is 5.84 Å². The highest BCUT2D eigenvalue weighted by atomic mass is 16.4. The zero-order valence-corrected chi connectivity index (χ0v) is 9.45. The largest absolute Gasteiger partial charge is 0.409 e. The van der Waals surface area contributed by atoms with Crippen LogP contribution >= 0.6 is 0 Å². The molecule has 1 saturated carbocycles. The number of hydrogen-bond donors (Lipinski definition) is 2. The van der Waals surface area contributed by atoms with E-state index < -0.39 is 0 Å². The Hall–Kier alpha value is -0.770. The number of oxime groups is 1. The van der Waals surface area contributed by atoms with Crippen LogP contribution in [0.15, 0.2) is 5.16 Å². The molecule has 2 aliphatic rings. The van der Waals surface area contributed by atoms with Gasteiger partial charge in [0.05, 0.1) is 0 Å². The van der Waals surface area contributed by atoms with Crippen molar-refractivity contribution in [3.8, 4) is 0 Å². The molecule has 0 aromatic carbocycles. The third-order valence-corrected chi connectivity index (χ3v) is 3.71. The van der Waals surface area contributed by atoms with Crippen molar-refractivity contribution in [1.29, 1.82) is 0 Å². The second-order valence-corrected chi connectivity index (χ2v) is 5.40. The number of amidine groups is 1. The summed E-state index contributed by atoms with van der Waals surface area (Å²) in [5.74, 6) is 1.23. The van der Waals surface area contributed by atoms with Crippen molar-refractivity contribution in [2.45, 2.75) is 32.6 Å². The minimum absolute atomic E-state index is 0.334. The molecule has 0 bridgehead atoms. The summed E-state index contributed by atoms with van der Waals surface area (Å²) in [6, 6.07) is 0. The zero-order chi connectivity index (χ0) is 10.9. The van der Waals surface area contributed by atoms with Crippen LogP contribution in [0.2, 0.25) is 0 Å². The number of nitrogens with two attached hydrogens (primary N) is 1. The van der Waals surface area contributed by atoms with E-state index in [0.717, 1.165) is 18.9 Å². The first kappa shape index (κ1) is 10.7. The van der Waals surface area contributed by atoms with E-state index in [2.05, 4.69) is 17.0 Å². The molecule has 3 N–H and O–H groups in total. The fourth-order valence-corrected chi connectivity index (χ4v) is 2.63. The lowest BCUT2D eigenvalue weighted by Crippen LogP contribution is -2.31. The predicted octanol–water partition coefficient (Wildman–Crippen LogP) is 1.24. The predicted molar refractivity (Wildman–Crippen MR) is 59.9 cm³/mol. The molecular weight excluding hydrogens is 190 g/mol. The van der Waals surface area contributed by atoms with Gasteiger partial charge >= 0.3 is 0 Å². The van der Waals surface area contributed by atoms with E-state index in [1.165, 1.54) is 32.4 Å². The summed E-state index contributed by atoms with van der Waals surface area (Å²) in [5.41, 5.74) is 5.92. The molecule has 1 heterocycles. The van der Waals surface area contributed by atoms with E-state index in [1.807, 2.05) is 0 Å². The second kappa shape index (κ2) is 4.00. The van der Waals surface area contributed by atoms with Gasteiger partial charge in [0.15, 0.2) is 0 Å². The normalized spacial score (nSPS) is 30.7. The fraction of sp³-hybridized carbons (Fsp3) is 0.909. The van der Waals surface area contributed by atoms with Crippen molar-refractivity contribution in [2.24, 2.45) is 22.2 Å². The highest BCUT2D eigenvalue weighted by Gasteiger charge is 2.45. The molecule has 86 valence electrons. The Balaban J connectivity index is 1.83. The molecule has 0 spiro atoms. The summed E-state index contributed by atoms with van der Waals surface area (Å²) in [4.78, 5) is 2.53. The lowest BCUT2D eigenvalue weighted by atomic mass is 10.0. The van der Waals surface area contributed by atoms with Gasteiger partial charge in [-0.3, -0.25) is 0 Å². The van der Waals surface area contributed by atoms with Gasteiger partial charge in [-0.2, -0.15) is 0 Å². The molecular formula is C11H21N3O. The van der Waals surface area contributed by atoms with E-state index >= 15 is 0 Å². The zero-order valence-electron chi connectivity index (χ0n) is 9.45. The summed E-state index contributed by atoms with van der Waals surface area (Å²) >= 11 is 0. The summed E-state index contributed by atoms with van der Waals surface area (Å²) in [5, 5.41) is 11.7. The lowest BCUT2D eigenvalue weighted by molar-refractivity contribution is 0.257. The maximum absolute atomic E-state index is 8.58. The molecule has 0 amide bonds. The average molecular weight is 211 g/mol. The Kier molecular flexibility index (Phi) is 2.87. The van der Waals surface area contributed by atoms with Crippen LogP contribution in [-0.4, -0.2) is 35.6 Å². The van der Waals surface area contributed by atoms with Gasteiger partial charge in [0.25, 0.3) is 0 Å². The van der Waals surface area contributed by atoms with Gasteiger partial charge in [-0.05, 0) is 37.1 Å². The van der Waals surface area contributed by atoms with Crippen LogP contribution in [0.25, 0.3) is 0 Å². The first-order valence-corrected chi connectivity index (χ1v) is 5.82. The maximum Gasteiger partial charge on any atom is 0.139 e. The van der Waals surface area contributed by atoms with E-state index in [1.54, 1.807) is 0 Å². The SMILES string of the molecule is CC1CCN(CC2(CC(N)=NO)CC2)C1. The van der Waals surface area contributed by atoms with Crippen molar-refractivity contribution in [3.05, 3.63) is 0 Å². The van der Waals surface area contributed by atoms with Crippen LogP contribution in [0.3, 0.4) is 0 Å². The Bertz CT molecular complexity index is 261. The quantitative estimate of drug-likeness (QED) is 0.318. The van der Waals surface area contributed by atoms with Crippen molar-refractivity contribution >= 4 is 5.84 Å². The van der Waals surface area contributed by atoms with E-state index in [4.69, 9.17) is 10.9 Å². The first-order chi connectivity index (χ1) is 7.13. The third kappa shape index (κ3) is 2.62. The molecule has 1 aliphatic carbocycles. The highest BCUT2D eigenvalue weighted by molar-refractivity contribution is 5.80. The molecule has 1 saturated heterocycles.